The number of carbonyl (C=O) groups excluding carboxylic acids is 1. The Kier molecular flexibility index (Phi) is 5.50. The number of hydrogen-bond donors (Lipinski definition) is 0. The molecule has 2 saturated heterocycles. The lowest BCUT2D eigenvalue weighted by atomic mass is 9.72. The van der Waals surface area contributed by atoms with Gasteiger partial charge in [-0.1, -0.05) is 0 Å². The van der Waals surface area contributed by atoms with Crippen LogP contribution in [0, 0.1) is 5.41 Å². The second-order valence-electron chi connectivity index (χ2n) is 7.12. The van der Waals surface area contributed by atoms with Crippen molar-refractivity contribution in [3.05, 3.63) is 12.2 Å². The summed E-state index contributed by atoms with van der Waals surface area (Å²) in [7, 11) is 1.69. The fraction of sp³-hybridized carbons (Fsp3) is 0.824. The smallest absolute Gasteiger partial charge is 0.222 e. The van der Waals surface area contributed by atoms with Gasteiger partial charge in [-0.3, -0.25) is 9.69 Å². The van der Waals surface area contributed by atoms with Crippen LogP contribution >= 0.6 is 0 Å². The van der Waals surface area contributed by atoms with E-state index in [9.17, 15) is 4.79 Å². The molecule has 7 heteroatoms. The van der Waals surface area contributed by atoms with Crippen molar-refractivity contribution in [1.82, 2.24) is 24.6 Å². The molecule has 1 spiro atoms. The fourth-order valence-electron chi connectivity index (χ4n) is 3.97. The molecule has 0 atom stereocenters. The van der Waals surface area contributed by atoms with Gasteiger partial charge in [0.15, 0.2) is 0 Å². The zero-order valence-corrected chi connectivity index (χ0v) is 14.9. The summed E-state index contributed by atoms with van der Waals surface area (Å²) in [6, 6.07) is 0. The van der Waals surface area contributed by atoms with Crippen molar-refractivity contribution >= 4 is 5.91 Å². The Labute approximate surface area is 144 Å². The van der Waals surface area contributed by atoms with Gasteiger partial charge < -0.3 is 14.2 Å². The van der Waals surface area contributed by atoms with Crippen molar-refractivity contribution in [2.75, 3.05) is 39.9 Å². The zero-order valence-electron chi connectivity index (χ0n) is 14.9. The Balaban J connectivity index is 1.55. The quantitative estimate of drug-likeness (QED) is 0.780. The van der Waals surface area contributed by atoms with Crippen LogP contribution in [0.1, 0.15) is 38.4 Å². The molecule has 24 heavy (non-hydrogen) atoms. The number of hydrogen-bond acceptors (Lipinski definition) is 5. The molecule has 1 aromatic heterocycles. The number of aromatic nitrogens is 3. The topological polar surface area (TPSA) is 63.5 Å². The maximum Gasteiger partial charge on any atom is 0.222 e. The lowest BCUT2D eigenvalue weighted by Crippen LogP contribution is -2.52. The van der Waals surface area contributed by atoms with Gasteiger partial charge in [0, 0.05) is 33.2 Å². The predicted octanol–water partition coefficient (Wildman–Crippen LogP) is 1.15. The van der Waals surface area contributed by atoms with E-state index in [0.29, 0.717) is 18.4 Å². The molecule has 1 amide bonds. The van der Waals surface area contributed by atoms with Crippen LogP contribution < -0.4 is 0 Å². The minimum atomic E-state index is 0.288. The molecule has 3 rings (SSSR count). The molecule has 134 valence electrons. The second kappa shape index (κ2) is 7.61. The van der Waals surface area contributed by atoms with Gasteiger partial charge in [-0.05, 0) is 44.7 Å². The summed E-state index contributed by atoms with van der Waals surface area (Å²) < 4.78 is 7.26. The van der Waals surface area contributed by atoms with Crippen LogP contribution in [0.5, 0.6) is 0 Å². The highest BCUT2D eigenvalue weighted by Gasteiger charge is 2.40. The van der Waals surface area contributed by atoms with Gasteiger partial charge in [0.25, 0.3) is 0 Å². The number of ether oxygens (including phenoxy) is 1. The molecule has 2 aliphatic heterocycles. The number of piperidine rings is 2. The Morgan fingerprint density at radius 1 is 1.29 bits per heavy atom. The first-order chi connectivity index (χ1) is 11.7. The largest absolute Gasteiger partial charge is 0.383 e. The molecular formula is C17H29N5O2. The number of rotatable bonds is 6. The van der Waals surface area contributed by atoms with Crippen molar-refractivity contribution in [2.45, 2.75) is 45.7 Å². The van der Waals surface area contributed by atoms with E-state index >= 15 is 0 Å². The zero-order chi connectivity index (χ0) is 17.0. The van der Waals surface area contributed by atoms with E-state index in [-0.39, 0.29) is 5.91 Å². The monoisotopic (exact) mass is 335 g/mol. The van der Waals surface area contributed by atoms with E-state index in [4.69, 9.17) is 4.74 Å². The van der Waals surface area contributed by atoms with Crippen molar-refractivity contribution in [3.63, 3.8) is 0 Å². The summed E-state index contributed by atoms with van der Waals surface area (Å²) >= 11 is 0. The van der Waals surface area contributed by atoms with Crippen LogP contribution in [0.4, 0.5) is 0 Å². The van der Waals surface area contributed by atoms with Crippen molar-refractivity contribution in [3.8, 4) is 0 Å². The number of likely N-dealkylation sites (tertiary alicyclic amines) is 2. The summed E-state index contributed by atoms with van der Waals surface area (Å²) in [6.07, 6.45) is 5.84. The molecule has 2 aliphatic rings. The number of amides is 1. The Morgan fingerprint density at radius 3 is 2.79 bits per heavy atom. The molecule has 0 aliphatic carbocycles. The molecule has 2 fully saturated rings. The molecule has 1 aromatic rings. The standard InChI is InChI=1S/C17H29N5O2/c1-3-21-14-18-19-15(21)12-20-8-6-17(7-9-20)5-4-16(23)22(13-17)10-11-24-2/h14H,3-13H2,1-2H3. The van der Waals surface area contributed by atoms with Crippen LogP contribution in [0.3, 0.4) is 0 Å². The molecule has 0 saturated carbocycles. The third-order valence-electron chi connectivity index (χ3n) is 5.63. The molecule has 0 radical (unpaired) electrons. The third-order valence-corrected chi connectivity index (χ3v) is 5.63. The van der Waals surface area contributed by atoms with Crippen molar-refractivity contribution in [2.24, 2.45) is 5.41 Å². The molecule has 3 heterocycles. The van der Waals surface area contributed by atoms with Gasteiger partial charge in [0.05, 0.1) is 13.2 Å². The SMILES string of the molecule is CCn1cnnc1CN1CCC2(CCC(=O)N(CCOC)C2)CC1. The predicted molar refractivity (Wildman–Crippen MR) is 90.3 cm³/mol. The Morgan fingerprint density at radius 2 is 2.08 bits per heavy atom. The molecule has 0 aromatic carbocycles. The first-order valence-corrected chi connectivity index (χ1v) is 9.01. The van der Waals surface area contributed by atoms with Crippen LogP contribution in [0.15, 0.2) is 6.33 Å². The summed E-state index contributed by atoms with van der Waals surface area (Å²) in [5.74, 6) is 1.34. The van der Waals surface area contributed by atoms with Gasteiger partial charge in [-0.25, -0.2) is 0 Å². The average molecular weight is 335 g/mol. The highest BCUT2D eigenvalue weighted by atomic mass is 16.5. The number of aryl methyl sites for hydroxylation is 1. The summed E-state index contributed by atoms with van der Waals surface area (Å²) in [5.41, 5.74) is 0.302. The molecule has 0 unspecified atom stereocenters. The van der Waals surface area contributed by atoms with Gasteiger partial charge in [0.1, 0.15) is 12.2 Å². The van der Waals surface area contributed by atoms with E-state index in [0.717, 1.165) is 64.4 Å². The highest BCUT2D eigenvalue weighted by Crippen LogP contribution is 2.40. The van der Waals surface area contributed by atoms with Crippen molar-refractivity contribution in [1.29, 1.82) is 0 Å². The molecule has 0 N–H and O–H groups in total. The Hall–Kier alpha value is -1.47. The van der Waals surface area contributed by atoms with Gasteiger partial charge >= 0.3 is 0 Å². The first kappa shape index (κ1) is 17.4. The van der Waals surface area contributed by atoms with E-state index in [2.05, 4.69) is 26.6 Å². The van der Waals surface area contributed by atoms with E-state index in [1.165, 1.54) is 0 Å². The van der Waals surface area contributed by atoms with E-state index < -0.39 is 0 Å². The van der Waals surface area contributed by atoms with Crippen LogP contribution in [-0.2, 0) is 22.6 Å². The third kappa shape index (κ3) is 3.78. The average Bonchev–Trinajstić information content (AvgIpc) is 3.05. The summed E-state index contributed by atoms with van der Waals surface area (Å²) in [5, 5.41) is 8.26. The highest BCUT2D eigenvalue weighted by molar-refractivity contribution is 5.77. The maximum atomic E-state index is 12.1. The first-order valence-electron chi connectivity index (χ1n) is 9.01. The molecule has 0 bridgehead atoms. The van der Waals surface area contributed by atoms with Gasteiger partial charge in [-0.15, -0.1) is 10.2 Å². The lowest BCUT2D eigenvalue weighted by molar-refractivity contribution is -0.140. The minimum absolute atomic E-state index is 0.288. The van der Waals surface area contributed by atoms with E-state index in [1.54, 1.807) is 13.4 Å². The summed E-state index contributed by atoms with van der Waals surface area (Å²) in [6.45, 7) is 8.29. The van der Waals surface area contributed by atoms with Crippen LogP contribution in [0.25, 0.3) is 0 Å². The Bertz CT molecular complexity index is 551. The van der Waals surface area contributed by atoms with Crippen LogP contribution in [-0.4, -0.2) is 70.4 Å². The second-order valence-corrected chi connectivity index (χ2v) is 7.12. The maximum absolute atomic E-state index is 12.1. The number of methoxy groups -OCH3 is 1. The molecule has 7 nitrogen and oxygen atoms in total. The van der Waals surface area contributed by atoms with E-state index in [1.807, 2.05) is 4.90 Å². The minimum Gasteiger partial charge on any atom is -0.383 e. The lowest BCUT2D eigenvalue weighted by Gasteiger charge is -2.47. The fourth-order valence-corrected chi connectivity index (χ4v) is 3.97. The van der Waals surface area contributed by atoms with Gasteiger partial charge in [-0.2, -0.15) is 0 Å². The van der Waals surface area contributed by atoms with Gasteiger partial charge in [0.2, 0.25) is 5.91 Å². The number of carbonyl (C=O) groups is 1. The van der Waals surface area contributed by atoms with Crippen molar-refractivity contribution < 1.29 is 9.53 Å². The number of nitrogens with zero attached hydrogens (tertiary/aromatic N) is 5. The van der Waals surface area contributed by atoms with Crippen LogP contribution in [0.2, 0.25) is 0 Å². The summed E-state index contributed by atoms with van der Waals surface area (Å²) in [4.78, 5) is 16.6. The normalized spacial score (nSPS) is 21.6. The molecular weight excluding hydrogens is 306 g/mol.